The molecule has 0 atom stereocenters. The number of aromatic nitrogens is 4. The average molecular weight is 319 g/mol. The van der Waals surface area contributed by atoms with Crippen molar-refractivity contribution in [3.05, 3.63) is 53.9 Å². The van der Waals surface area contributed by atoms with Crippen LogP contribution in [0, 0.1) is 13.8 Å². The maximum absolute atomic E-state index is 5.44. The number of fused-ring (bicyclic) bond motifs is 3. The Kier molecular flexibility index (Phi) is 3.30. The third-order valence-electron chi connectivity index (χ3n) is 3.99. The fourth-order valence-electron chi connectivity index (χ4n) is 2.80. The molecule has 0 bridgehead atoms. The number of anilines is 2. The van der Waals surface area contributed by atoms with Gasteiger partial charge >= 0.3 is 0 Å². The largest absolute Gasteiger partial charge is 0.495 e. The summed E-state index contributed by atoms with van der Waals surface area (Å²) >= 11 is 0. The lowest BCUT2D eigenvalue weighted by Gasteiger charge is -2.13. The number of rotatable bonds is 3. The highest BCUT2D eigenvalue weighted by Crippen LogP contribution is 2.30. The van der Waals surface area contributed by atoms with Crippen LogP contribution in [-0.4, -0.2) is 26.7 Å². The quantitative estimate of drug-likeness (QED) is 0.624. The lowest BCUT2D eigenvalue weighted by Crippen LogP contribution is -2.02. The first-order valence-electron chi connectivity index (χ1n) is 7.67. The van der Waals surface area contributed by atoms with Crippen LogP contribution in [0.2, 0.25) is 0 Å². The van der Waals surface area contributed by atoms with E-state index in [-0.39, 0.29) is 0 Å². The topological polar surface area (TPSA) is 64.3 Å². The fraction of sp³-hybridized carbons (Fsp3) is 0.167. The highest BCUT2D eigenvalue weighted by Gasteiger charge is 2.13. The number of hydrogen-bond donors (Lipinski definition) is 1. The highest BCUT2D eigenvalue weighted by molar-refractivity contribution is 5.85. The van der Waals surface area contributed by atoms with Gasteiger partial charge in [-0.05, 0) is 49.2 Å². The average Bonchev–Trinajstić information content (AvgIpc) is 3.06. The lowest BCUT2D eigenvalue weighted by molar-refractivity contribution is 0.416. The molecule has 2 heterocycles. The van der Waals surface area contributed by atoms with Crippen LogP contribution >= 0.6 is 0 Å². The molecule has 0 aliphatic heterocycles. The van der Waals surface area contributed by atoms with E-state index in [1.165, 1.54) is 5.56 Å². The van der Waals surface area contributed by atoms with Crippen LogP contribution in [0.5, 0.6) is 5.75 Å². The Labute approximate surface area is 139 Å². The van der Waals surface area contributed by atoms with Crippen LogP contribution in [0.3, 0.4) is 0 Å². The molecule has 0 fully saturated rings. The van der Waals surface area contributed by atoms with Crippen molar-refractivity contribution in [2.75, 3.05) is 12.4 Å². The Morgan fingerprint density at radius 1 is 1.04 bits per heavy atom. The Morgan fingerprint density at radius 3 is 2.67 bits per heavy atom. The van der Waals surface area contributed by atoms with E-state index >= 15 is 0 Å². The van der Waals surface area contributed by atoms with E-state index < -0.39 is 0 Å². The number of benzene rings is 2. The standard InChI is InChI=1S/C18H17N5O/c1-11-5-7-16(24-3)14(8-11)21-17-18-22-19-10-23(18)15-9-12(2)4-6-13(15)20-17/h4-10H,1-3H3,(H,20,21). The molecular formula is C18H17N5O. The van der Waals surface area contributed by atoms with Crippen LogP contribution in [0.15, 0.2) is 42.7 Å². The van der Waals surface area contributed by atoms with Crippen molar-refractivity contribution in [3.8, 4) is 5.75 Å². The zero-order chi connectivity index (χ0) is 16.7. The molecule has 2 aromatic heterocycles. The van der Waals surface area contributed by atoms with Gasteiger partial charge in [-0.25, -0.2) is 4.98 Å². The highest BCUT2D eigenvalue weighted by atomic mass is 16.5. The summed E-state index contributed by atoms with van der Waals surface area (Å²) in [6.07, 6.45) is 1.71. The van der Waals surface area contributed by atoms with Gasteiger partial charge in [0.25, 0.3) is 0 Å². The minimum absolute atomic E-state index is 0.646. The van der Waals surface area contributed by atoms with E-state index in [0.29, 0.717) is 11.5 Å². The molecule has 0 aliphatic carbocycles. The number of hydrogen-bond acceptors (Lipinski definition) is 5. The fourth-order valence-corrected chi connectivity index (χ4v) is 2.80. The number of aryl methyl sites for hydroxylation is 2. The molecule has 6 heteroatoms. The molecule has 0 saturated heterocycles. The minimum atomic E-state index is 0.646. The van der Waals surface area contributed by atoms with Gasteiger partial charge < -0.3 is 10.1 Å². The summed E-state index contributed by atoms with van der Waals surface area (Å²) in [5.41, 5.74) is 5.68. The van der Waals surface area contributed by atoms with E-state index in [2.05, 4.69) is 28.5 Å². The second-order valence-corrected chi connectivity index (χ2v) is 5.81. The first kappa shape index (κ1) is 14.4. The van der Waals surface area contributed by atoms with Crippen molar-refractivity contribution in [2.45, 2.75) is 13.8 Å². The maximum atomic E-state index is 5.44. The van der Waals surface area contributed by atoms with Gasteiger partial charge in [-0.15, -0.1) is 10.2 Å². The number of nitrogens with one attached hydrogen (secondary N) is 1. The van der Waals surface area contributed by atoms with Crippen LogP contribution in [0.25, 0.3) is 16.7 Å². The summed E-state index contributed by atoms with van der Waals surface area (Å²) in [6.45, 7) is 4.09. The van der Waals surface area contributed by atoms with Gasteiger partial charge in [-0.3, -0.25) is 4.40 Å². The molecule has 0 spiro atoms. The first-order chi connectivity index (χ1) is 11.7. The van der Waals surface area contributed by atoms with E-state index in [4.69, 9.17) is 9.72 Å². The molecule has 6 nitrogen and oxygen atoms in total. The summed E-state index contributed by atoms with van der Waals surface area (Å²) < 4.78 is 7.38. The molecule has 0 saturated carbocycles. The van der Waals surface area contributed by atoms with Gasteiger partial charge in [0.05, 0.1) is 23.8 Å². The minimum Gasteiger partial charge on any atom is -0.495 e. The summed E-state index contributed by atoms with van der Waals surface area (Å²) in [6, 6.07) is 12.1. The summed E-state index contributed by atoms with van der Waals surface area (Å²) in [5.74, 6) is 1.40. The van der Waals surface area contributed by atoms with Gasteiger partial charge in [0, 0.05) is 0 Å². The normalized spacial score (nSPS) is 11.1. The molecule has 4 aromatic rings. The second kappa shape index (κ2) is 5.49. The first-order valence-corrected chi connectivity index (χ1v) is 7.67. The van der Waals surface area contributed by atoms with Gasteiger partial charge in [0.2, 0.25) is 5.65 Å². The Morgan fingerprint density at radius 2 is 1.83 bits per heavy atom. The second-order valence-electron chi connectivity index (χ2n) is 5.81. The molecule has 0 radical (unpaired) electrons. The van der Waals surface area contributed by atoms with E-state index in [1.54, 1.807) is 13.4 Å². The van der Waals surface area contributed by atoms with E-state index in [1.807, 2.05) is 41.7 Å². The summed E-state index contributed by atoms with van der Waals surface area (Å²) in [4.78, 5) is 4.73. The molecule has 2 aromatic carbocycles. The van der Waals surface area contributed by atoms with E-state index in [9.17, 15) is 0 Å². The maximum Gasteiger partial charge on any atom is 0.204 e. The van der Waals surface area contributed by atoms with E-state index in [0.717, 1.165) is 28.0 Å². The smallest absolute Gasteiger partial charge is 0.204 e. The number of methoxy groups -OCH3 is 1. The third kappa shape index (κ3) is 2.32. The predicted octanol–water partition coefficient (Wildman–Crippen LogP) is 3.65. The van der Waals surface area contributed by atoms with Crippen LogP contribution < -0.4 is 10.1 Å². The van der Waals surface area contributed by atoms with Crippen molar-refractivity contribution < 1.29 is 4.74 Å². The number of nitrogens with zero attached hydrogens (tertiary/aromatic N) is 4. The molecule has 120 valence electrons. The van der Waals surface area contributed by atoms with Gasteiger partial charge in [-0.2, -0.15) is 0 Å². The lowest BCUT2D eigenvalue weighted by atomic mass is 10.2. The molecule has 1 N–H and O–H groups in total. The molecule has 24 heavy (non-hydrogen) atoms. The van der Waals surface area contributed by atoms with Crippen molar-refractivity contribution in [1.29, 1.82) is 0 Å². The molecule has 0 unspecified atom stereocenters. The van der Waals surface area contributed by atoms with Crippen LogP contribution in [-0.2, 0) is 0 Å². The number of ether oxygens (including phenoxy) is 1. The van der Waals surface area contributed by atoms with Crippen LogP contribution in [0.1, 0.15) is 11.1 Å². The van der Waals surface area contributed by atoms with Crippen molar-refractivity contribution >= 4 is 28.2 Å². The van der Waals surface area contributed by atoms with Gasteiger partial charge in [-0.1, -0.05) is 12.1 Å². The Hall–Kier alpha value is -3.15. The van der Waals surface area contributed by atoms with Crippen molar-refractivity contribution in [3.63, 3.8) is 0 Å². The Balaban J connectivity index is 1.92. The third-order valence-corrected chi connectivity index (χ3v) is 3.99. The zero-order valence-electron chi connectivity index (χ0n) is 13.7. The van der Waals surface area contributed by atoms with Crippen molar-refractivity contribution in [1.82, 2.24) is 19.6 Å². The SMILES string of the molecule is COc1ccc(C)cc1Nc1nc2ccc(C)cc2n2cnnc12. The molecule has 0 amide bonds. The van der Waals surface area contributed by atoms with Gasteiger partial charge in [0.15, 0.2) is 5.82 Å². The van der Waals surface area contributed by atoms with Crippen LogP contribution in [0.4, 0.5) is 11.5 Å². The predicted molar refractivity (Wildman–Crippen MR) is 94.0 cm³/mol. The summed E-state index contributed by atoms with van der Waals surface area (Å²) in [5, 5.41) is 11.6. The molecule has 0 aliphatic rings. The van der Waals surface area contributed by atoms with Gasteiger partial charge in [0.1, 0.15) is 12.1 Å². The zero-order valence-corrected chi connectivity index (χ0v) is 13.7. The monoisotopic (exact) mass is 319 g/mol. The molecular weight excluding hydrogens is 302 g/mol. The van der Waals surface area contributed by atoms with Crippen molar-refractivity contribution in [2.24, 2.45) is 0 Å². The Bertz CT molecular complexity index is 1050. The summed E-state index contributed by atoms with van der Waals surface area (Å²) in [7, 11) is 1.65. The molecule has 4 rings (SSSR count).